The van der Waals surface area contributed by atoms with Crippen LogP contribution < -0.4 is 16.2 Å². The number of hydrogen-bond donors (Lipinski definition) is 2. The molecule has 2 heterocycles. The van der Waals surface area contributed by atoms with Crippen molar-refractivity contribution < 1.29 is 9.59 Å². The zero-order valence-corrected chi connectivity index (χ0v) is 21.4. The number of fused-ring (bicyclic) bond motifs is 3. The van der Waals surface area contributed by atoms with E-state index in [-0.39, 0.29) is 17.4 Å². The maximum absolute atomic E-state index is 13.1. The maximum atomic E-state index is 13.1. The molecule has 188 valence electrons. The standard InChI is InChI=1S/C25H34N6O3S/c1-4-5-8-14-30-22(33)18-11-6-7-13-20(18)31-24(30)28-29-25(31)35-15-21(32)27-23(34)26-19-12-9-10-16(2)17(19)3/h6-7,11,13,16-17,19H,4-5,8-10,12,14-15H2,1-3H3,(H2,26,27,32,34)/t16-,17-,19-/m0/s1. The number of carbonyl (C=O) groups is 2. The van der Waals surface area contributed by atoms with Crippen molar-refractivity contribution in [3.8, 4) is 0 Å². The molecule has 0 aliphatic heterocycles. The van der Waals surface area contributed by atoms with Crippen LogP contribution in [0.25, 0.3) is 16.7 Å². The van der Waals surface area contributed by atoms with Gasteiger partial charge in [-0.25, -0.2) is 4.79 Å². The zero-order chi connectivity index (χ0) is 24.9. The van der Waals surface area contributed by atoms with Crippen LogP contribution in [-0.2, 0) is 11.3 Å². The van der Waals surface area contributed by atoms with Gasteiger partial charge in [0, 0.05) is 12.6 Å². The number of rotatable bonds is 8. The average Bonchev–Trinajstić information content (AvgIpc) is 3.27. The van der Waals surface area contributed by atoms with E-state index in [0.29, 0.717) is 40.2 Å². The molecule has 0 saturated heterocycles. The van der Waals surface area contributed by atoms with Crippen LogP contribution >= 0.6 is 11.8 Å². The molecule has 9 nitrogen and oxygen atoms in total. The first-order valence-electron chi connectivity index (χ1n) is 12.5. The quantitative estimate of drug-likeness (QED) is 0.359. The van der Waals surface area contributed by atoms with Gasteiger partial charge in [0.25, 0.3) is 5.56 Å². The van der Waals surface area contributed by atoms with Crippen LogP contribution in [0.2, 0.25) is 0 Å². The SMILES string of the molecule is CCCCCn1c(=O)c2ccccc2n2c(SCC(=O)NC(=O)N[C@H]3CCC[C@H](C)[C@@H]3C)nnc12. The molecule has 1 aromatic carbocycles. The van der Waals surface area contributed by atoms with Gasteiger partial charge >= 0.3 is 6.03 Å². The summed E-state index contributed by atoms with van der Waals surface area (Å²) in [6, 6.07) is 6.97. The second-order valence-corrected chi connectivity index (χ2v) is 10.4. The lowest BCUT2D eigenvalue weighted by Crippen LogP contribution is -2.49. The fourth-order valence-electron chi connectivity index (χ4n) is 4.83. The molecule has 2 aromatic heterocycles. The third kappa shape index (κ3) is 5.52. The summed E-state index contributed by atoms with van der Waals surface area (Å²) in [5.74, 6) is 1.00. The van der Waals surface area contributed by atoms with E-state index in [1.54, 1.807) is 10.6 Å². The van der Waals surface area contributed by atoms with Crippen LogP contribution in [0, 0.1) is 11.8 Å². The summed E-state index contributed by atoms with van der Waals surface area (Å²) in [6.07, 6.45) is 6.12. The van der Waals surface area contributed by atoms with Crippen molar-refractivity contribution >= 4 is 40.4 Å². The predicted molar refractivity (Wildman–Crippen MR) is 138 cm³/mol. The molecule has 1 aliphatic carbocycles. The van der Waals surface area contributed by atoms with Gasteiger partial charge in [0.1, 0.15) is 0 Å². The third-order valence-corrected chi connectivity index (χ3v) is 8.00. The Kier molecular flexibility index (Phi) is 8.10. The molecule has 35 heavy (non-hydrogen) atoms. The number of aryl methyl sites for hydroxylation is 1. The van der Waals surface area contributed by atoms with Crippen LogP contribution in [0.15, 0.2) is 34.2 Å². The number of hydrogen-bond acceptors (Lipinski definition) is 6. The van der Waals surface area contributed by atoms with E-state index in [1.165, 1.54) is 18.2 Å². The Bertz CT molecular complexity index is 1270. The van der Waals surface area contributed by atoms with Crippen LogP contribution in [0.3, 0.4) is 0 Å². The molecule has 3 aromatic rings. The van der Waals surface area contributed by atoms with E-state index in [2.05, 4.69) is 41.6 Å². The fraction of sp³-hybridized carbons (Fsp3) is 0.560. The molecule has 0 radical (unpaired) electrons. The highest BCUT2D eigenvalue weighted by Crippen LogP contribution is 2.29. The van der Waals surface area contributed by atoms with Crippen molar-refractivity contribution in [2.24, 2.45) is 11.8 Å². The second-order valence-electron chi connectivity index (χ2n) is 9.48. The number of unbranched alkanes of at least 4 members (excludes halogenated alkanes) is 2. The van der Waals surface area contributed by atoms with Crippen LogP contribution in [-0.4, -0.2) is 42.9 Å². The summed E-state index contributed by atoms with van der Waals surface area (Å²) >= 11 is 1.19. The lowest BCUT2D eigenvalue weighted by molar-refractivity contribution is -0.117. The number of imide groups is 1. The van der Waals surface area contributed by atoms with Crippen LogP contribution in [0.1, 0.15) is 59.3 Å². The van der Waals surface area contributed by atoms with E-state index in [1.807, 2.05) is 22.6 Å². The van der Waals surface area contributed by atoms with Gasteiger partial charge in [-0.15, -0.1) is 10.2 Å². The highest BCUT2D eigenvalue weighted by atomic mass is 32.2. The summed E-state index contributed by atoms with van der Waals surface area (Å²) in [6.45, 7) is 7.03. The Balaban J connectivity index is 1.48. The summed E-state index contributed by atoms with van der Waals surface area (Å²) in [5.41, 5.74) is 0.610. The van der Waals surface area contributed by atoms with E-state index in [9.17, 15) is 14.4 Å². The van der Waals surface area contributed by atoms with Crippen molar-refractivity contribution in [3.63, 3.8) is 0 Å². The molecule has 1 fully saturated rings. The predicted octanol–water partition coefficient (Wildman–Crippen LogP) is 3.98. The number of benzene rings is 1. The Morgan fingerprint density at radius 2 is 1.94 bits per heavy atom. The number of carbonyl (C=O) groups excluding carboxylic acids is 2. The number of para-hydroxylation sites is 1. The zero-order valence-electron chi connectivity index (χ0n) is 20.6. The molecule has 1 saturated carbocycles. The molecule has 2 N–H and O–H groups in total. The molecular weight excluding hydrogens is 464 g/mol. The number of urea groups is 1. The Morgan fingerprint density at radius 1 is 1.14 bits per heavy atom. The molecule has 1 aliphatic rings. The first kappa shape index (κ1) is 25.2. The second kappa shape index (κ2) is 11.2. The highest BCUT2D eigenvalue weighted by Gasteiger charge is 2.28. The van der Waals surface area contributed by atoms with E-state index >= 15 is 0 Å². The molecule has 4 rings (SSSR count). The van der Waals surface area contributed by atoms with Crippen LogP contribution in [0.4, 0.5) is 4.79 Å². The molecule has 0 unspecified atom stereocenters. The Labute approximate surface area is 209 Å². The summed E-state index contributed by atoms with van der Waals surface area (Å²) in [4.78, 5) is 38.0. The molecule has 0 bridgehead atoms. The van der Waals surface area contributed by atoms with Gasteiger partial charge < -0.3 is 5.32 Å². The average molecular weight is 499 g/mol. The monoisotopic (exact) mass is 498 g/mol. The van der Waals surface area contributed by atoms with Crippen molar-refractivity contribution in [1.29, 1.82) is 0 Å². The smallest absolute Gasteiger partial charge is 0.321 e. The van der Waals surface area contributed by atoms with E-state index in [4.69, 9.17) is 0 Å². The van der Waals surface area contributed by atoms with Crippen molar-refractivity contribution in [3.05, 3.63) is 34.6 Å². The minimum absolute atomic E-state index is 0.00806. The third-order valence-electron chi connectivity index (χ3n) is 7.07. The number of nitrogens with one attached hydrogen (secondary N) is 2. The molecule has 3 atom stereocenters. The lowest BCUT2D eigenvalue weighted by Gasteiger charge is -2.34. The van der Waals surface area contributed by atoms with Crippen molar-refractivity contribution in [1.82, 2.24) is 29.8 Å². The first-order valence-corrected chi connectivity index (χ1v) is 13.5. The van der Waals surface area contributed by atoms with Crippen molar-refractivity contribution in [2.75, 3.05) is 5.75 Å². The van der Waals surface area contributed by atoms with Gasteiger partial charge in [-0.1, -0.05) is 70.3 Å². The highest BCUT2D eigenvalue weighted by molar-refractivity contribution is 7.99. The summed E-state index contributed by atoms with van der Waals surface area (Å²) in [5, 5.41) is 15.1. The molecule has 10 heteroatoms. The number of thioether (sulfide) groups is 1. The first-order chi connectivity index (χ1) is 16.9. The number of amides is 3. The van der Waals surface area contributed by atoms with Gasteiger partial charge in [0.15, 0.2) is 5.16 Å². The van der Waals surface area contributed by atoms with Gasteiger partial charge in [-0.05, 0) is 36.8 Å². The maximum Gasteiger partial charge on any atom is 0.321 e. The Morgan fingerprint density at radius 3 is 2.74 bits per heavy atom. The van der Waals surface area contributed by atoms with Gasteiger partial charge in [0.05, 0.1) is 16.7 Å². The minimum Gasteiger partial charge on any atom is -0.335 e. The summed E-state index contributed by atoms with van der Waals surface area (Å²) < 4.78 is 3.49. The number of nitrogens with zero attached hydrogens (tertiary/aromatic N) is 4. The molecule has 3 amide bonds. The van der Waals surface area contributed by atoms with Gasteiger partial charge in [0.2, 0.25) is 11.7 Å². The van der Waals surface area contributed by atoms with Crippen LogP contribution in [0.5, 0.6) is 0 Å². The molecular formula is C25H34N6O3S. The van der Waals surface area contributed by atoms with E-state index < -0.39 is 11.9 Å². The van der Waals surface area contributed by atoms with E-state index in [0.717, 1.165) is 32.1 Å². The molecule has 0 spiro atoms. The van der Waals surface area contributed by atoms with Gasteiger partial charge in [-0.2, -0.15) is 0 Å². The normalized spacial score (nSPS) is 20.3. The Hall–Kier alpha value is -2.88. The summed E-state index contributed by atoms with van der Waals surface area (Å²) in [7, 11) is 0. The van der Waals surface area contributed by atoms with Crippen molar-refractivity contribution in [2.45, 2.75) is 77.0 Å². The fourth-order valence-corrected chi connectivity index (χ4v) is 5.57. The number of aromatic nitrogens is 4. The van der Waals surface area contributed by atoms with Gasteiger partial charge in [-0.3, -0.25) is 23.9 Å². The largest absolute Gasteiger partial charge is 0.335 e. The topological polar surface area (TPSA) is 110 Å². The minimum atomic E-state index is -0.456. The lowest BCUT2D eigenvalue weighted by atomic mass is 9.78.